The lowest BCUT2D eigenvalue weighted by Crippen LogP contribution is -2.17. The molecule has 3 rings (SSSR count). The summed E-state index contributed by atoms with van der Waals surface area (Å²) in [5.74, 6) is 1.52. The van der Waals surface area contributed by atoms with Crippen LogP contribution in [0.1, 0.15) is 56.5 Å². The normalized spacial score (nSPS) is 11.6. The highest BCUT2D eigenvalue weighted by atomic mass is 32.1. The molecule has 0 aliphatic heterocycles. The molecular weight excluding hydrogens is 330 g/mol. The smallest absolute Gasteiger partial charge is 0.158 e. The van der Waals surface area contributed by atoms with Gasteiger partial charge in [0.2, 0.25) is 0 Å². The Morgan fingerprint density at radius 3 is 2.56 bits per heavy atom. The van der Waals surface area contributed by atoms with Crippen molar-refractivity contribution in [3.05, 3.63) is 28.5 Å². The molecular formula is C19H27N5S. The van der Waals surface area contributed by atoms with Crippen molar-refractivity contribution >= 4 is 22.8 Å². The molecule has 0 atom stereocenters. The van der Waals surface area contributed by atoms with Crippen LogP contribution in [0.4, 0.5) is 5.82 Å². The first kappa shape index (κ1) is 17.9. The number of anilines is 1. The fourth-order valence-electron chi connectivity index (χ4n) is 3.39. The third-order valence-corrected chi connectivity index (χ3v) is 5.76. The number of fused-ring (bicyclic) bond motifs is 1. The highest BCUT2D eigenvalue weighted by Crippen LogP contribution is 2.37. The van der Waals surface area contributed by atoms with Crippen molar-refractivity contribution in [2.75, 3.05) is 18.5 Å². The van der Waals surface area contributed by atoms with Crippen molar-refractivity contribution in [3.63, 3.8) is 0 Å². The maximum atomic E-state index is 4.91. The van der Waals surface area contributed by atoms with Crippen LogP contribution >= 0.6 is 11.3 Å². The van der Waals surface area contributed by atoms with Gasteiger partial charge >= 0.3 is 0 Å². The first-order valence-electron chi connectivity index (χ1n) is 9.03. The van der Waals surface area contributed by atoms with E-state index in [2.05, 4.69) is 57.6 Å². The summed E-state index contributed by atoms with van der Waals surface area (Å²) in [7, 11) is 2.07. The number of thiazole rings is 1. The van der Waals surface area contributed by atoms with Gasteiger partial charge in [-0.15, -0.1) is 11.3 Å². The Kier molecular flexibility index (Phi) is 5.08. The molecule has 6 heteroatoms. The highest BCUT2D eigenvalue weighted by molar-refractivity contribution is 7.13. The van der Waals surface area contributed by atoms with Crippen LogP contribution < -0.4 is 4.90 Å². The van der Waals surface area contributed by atoms with E-state index in [-0.39, 0.29) is 0 Å². The van der Waals surface area contributed by atoms with E-state index in [4.69, 9.17) is 10.1 Å². The van der Waals surface area contributed by atoms with Crippen LogP contribution in [-0.4, -0.2) is 33.2 Å². The zero-order chi connectivity index (χ0) is 18.1. The van der Waals surface area contributed by atoms with Crippen molar-refractivity contribution in [2.24, 2.45) is 0 Å². The summed E-state index contributed by atoms with van der Waals surface area (Å²) in [6.07, 6.45) is 2.22. The molecule has 25 heavy (non-hydrogen) atoms. The van der Waals surface area contributed by atoms with Crippen LogP contribution in [0, 0.1) is 13.8 Å². The van der Waals surface area contributed by atoms with Gasteiger partial charge in [-0.2, -0.15) is 5.10 Å². The molecule has 0 aliphatic carbocycles. The van der Waals surface area contributed by atoms with Crippen molar-refractivity contribution in [2.45, 2.75) is 53.4 Å². The van der Waals surface area contributed by atoms with E-state index in [9.17, 15) is 0 Å². The van der Waals surface area contributed by atoms with Crippen LogP contribution in [-0.2, 0) is 0 Å². The fraction of sp³-hybridized carbons (Fsp3) is 0.526. The highest BCUT2D eigenvalue weighted by Gasteiger charge is 2.23. The minimum atomic E-state index is 0.512. The van der Waals surface area contributed by atoms with Crippen LogP contribution in [0.2, 0.25) is 0 Å². The van der Waals surface area contributed by atoms with Gasteiger partial charge in [-0.1, -0.05) is 13.8 Å². The van der Waals surface area contributed by atoms with Gasteiger partial charge < -0.3 is 4.90 Å². The summed E-state index contributed by atoms with van der Waals surface area (Å²) in [5, 5.41) is 4.80. The summed E-state index contributed by atoms with van der Waals surface area (Å²) in [6, 6.07) is 2.20. The second-order valence-electron chi connectivity index (χ2n) is 6.55. The maximum Gasteiger partial charge on any atom is 0.158 e. The predicted molar refractivity (Wildman–Crippen MR) is 106 cm³/mol. The van der Waals surface area contributed by atoms with Gasteiger partial charge in [0.25, 0.3) is 0 Å². The van der Waals surface area contributed by atoms with Crippen LogP contribution in [0.25, 0.3) is 16.2 Å². The molecule has 0 radical (unpaired) electrons. The summed E-state index contributed by atoms with van der Waals surface area (Å²) in [4.78, 5) is 12.8. The van der Waals surface area contributed by atoms with Gasteiger partial charge in [-0.3, -0.25) is 0 Å². The minimum Gasteiger partial charge on any atom is -0.359 e. The Morgan fingerprint density at radius 2 is 1.92 bits per heavy atom. The summed E-state index contributed by atoms with van der Waals surface area (Å²) in [5.41, 5.74) is 7.33. The van der Waals surface area contributed by atoms with Crippen molar-refractivity contribution in [1.29, 1.82) is 0 Å². The lowest BCUT2D eigenvalue weighted by molar-refractivity contribution is 0.638. The molecule has 3 aromatic heterocycles. The third kappa shape index (κ3) is 3.03. The van der Waals surface area contributed by atoms with Gasteiger partial charge in [0.05, 0.1) is 21.8 Å². The van der Waals surface area contributed by atoms with Crippen molar-refractivity contribution < 1.29 is 0 Å². The topological polar surface area (TPSA) is 46.3 Å². The van der Waals surface area contributed by atoms with Gasteiger partial charge in [0.1, 0.15) is 11.5 Å². The number of nitrogens with zero attached hydrogens (tertiary/aromatic N) is 5. The molecule has 0 saturated heterocycles. The first-order chi connectivity index (χ1) is 12.0. The molecule has 0 spiro atoms. The molecule has 3 aromatic rings. The largest absolute Gasteiger partial charge is 0.359 e. The van der Waals surface area contributed by atoms with E-state index in [1.165, 1.54) is 5.56 Å². The zero-order valence-electron chi connectivity index (χ0n) is 16.0. The molecule has 0 fully saturated rings. The molecule has 0 N–H and O–H groups in total. The lowest BCUT2D eigenvalue weighted by atomic mass is 9.95. The van der Waals surface area contributed by atoms with E-state index in [0.29, 0.717) is 5.92 Å². The molecule has 0 unspecified atom stereocenters. The molecule has 0 aliphatic rings. The number of aromatic nitrogens is 4. The van der Waals surface area contributed by atoms with Gasteiger partial charge in [-0.25, -0.2) is 14.5 Å². The zero-order valence-corrected chi connectivity index (χ0v) is 16.8. The Bertz CT molecular complexity index is 875. The van der Waals surface area contributed by atoms with Gasteiger partial charge in [0.15, 0.2) is 5.65 Å². The molecule has 0 bridgehead atoms. The van der Waals surface area contributed by atoms with Crippen molar-refractivity contribution in [3.8, 4) is 10.6 Å². The van der Waals surface area contributed by atoms with Gasteiger partial charge in [0, 0.05) is 19.2 Å². The summed E-state index contributed by atoms with van der Waals surface area (Å²) in [6.45, 7) is 11.7. The van der Waals surface area contributed by atoms with Gasteiger partial charge in [-0.05, 0) is 45.6 Å². The molecule has 3 heterocycles. The molecule has 0 aromatic carbocycles. The summed E-state index contributed by atoms with van der Waals surface area (Å²) < 4.78 is 2.04. The number of imidazole rings is 1. The number of hydrogen-bond donors (Lipinski definition) is 0. The molecule has 0 amide bonds. The average molecular weight is 358 g/mol. The van der Waals surface area contributed by atoms with E-state index < -0.39 is 0 Å². The Morgan fingerprint density at radius 1 is 1.20 bits per heavy atom. The van der Waals surface area contributed by atoms with E-state index in [1.807, 2.05) is 10.0 Å². The average Bonchev–Trinajstić information content (AvgIpc) is 3.18. The Labute approximate surface area is 153 Å². The van der Waals surface area contributed by atoms with Crippen LogP contribution in [0.15, 0.2) is 11.6 Å². The van der Waals surface area contributed by atoms with Crippen LogP contribution in [0.3, 0.4) is 0 Å². The van der Waals surface area contributed by atoms with E-state index in [0.717, 1.165) is 52.8 Å². The fourth-order valence-corrected chi connectivity index (χ4v) is 4.31. The second-order valence-corrected chi connectivity index (χ2v) is 7.41. The SMILES string of the molecule is CCC(CC)c1cc(C)nn2c(-c3scnc3N(C)CC)c(C)nc12. The number of aryl methyl sites for hydroxylation is 2. The second kappa shape index (κ2) is 7.12. The molecule has 134 valence electrons. The van der Waals surface area contributed by atoms with Crippen molar-refractivity contribution in [1.82, 2.24) is 19.6 Å². The quantitative estimate of drug-likeness (QED) is 0.634. The van der Waals surface area contributed by atoms with E-state index >= 15 is 0 Å². The molecule has 0 saturated carbocycles. The predicted octanol–water partition coefficient (Wildman–Crippen LogP) is 4.83. The lowest BCUT2D eigenvalue weighted by Gasteiger charge is -2.16. The molecule has 5 nitrogen and oxygen atoms in total. The van der Waals surface area contributed by atoms with Crippen LogP contribution in [0.5, 0.6) is 0 Å². The van der Waals surface area contributed by atoms with E-state index in [1.54, 1.807) is 11.3 Å². The standard InChI is InChI=1S/C19H27N5S/c1-7-14(8-2)15-10-12(4)22-24-16(13(5)21-18(15)24)17-19(20-11-25-17)23(6)9-3/h10-11,14H,7-9H2,1-6H3. The summed E-state index contributed by atoms with van der Waals surface area (Å²) >= 11 is 1.66. The Balaban J connectivity index is 2.28. The number of hydrogen-bond acceptors (Lipinski definition) is 5. The maximum absolute atomic E-state index is 4.91. The Hall–Kier alpha value is -1.95. The minimum absolute atomic E-state index is 0.512. The number of rotatable bonds is 6. The first-order valence-corrected chi connectivity index (χ1v) is 9.91. The monoisotopic (exact) mass is 357 g/mol. The third-order valence-electron chi connectivity index (χ3n) is 4.93.